The summed E-state index contributed by atoms with van der Waals surface area (Å²) in [6, 6.07) is 7.97. The van der Waals surface area contributed by atoms with Gasteiger partial charge in [-0.15, -0.1) is 21.5 Å². The Kier molecular flexibility index (Phi) is 6.67. The molecule has 0 saturated carbocycles. The van der Waals surface area contributed by atoms with Crippen LogP contribution in [0.25, 0.3) is 11.4 Å². The van der Waals surface area contributed by atoms with E-state index >= 15 is 0 Å². The van der Waals surface area contributed by atoms with Gasteiger partial charge in [0, 0.05) is 28.1 Å². The number of hydrogen-bond donors (Lipinski definition) is 0. The van der Waals surface area contributed by atoms with Crippen LogP contribution in [0.5, 0.6) is 0 Å². The second-order valence-electron chi connectivity index (χ2n) is 6.39. The van der Waals surface area contributed by atoms with Gasteiger partial charge in [0.05, 0.1) is 10.0 Å². The number of aromatic nitrogens is 3. The van der Waals surface area contributed by atoms with Gasteiger partial charge in [-0.05, 0) is 36.1 Å². The average molecular weight is 426 g/mol. The fraction of sp³-hybridized carbons (Fsp3) is 0.368. The van der Waals surface area contributed by atoms with Crippen molar-refractivity contribution in [2.75, 3.05) is 0 Å². The van der Waals surface area contributed by atoms with Crippen molar-refractivity contribution in [1.29, 1.82) is 0 Å². The van der Waals surface area contributed by atoms with Crippen LogP contribution in [0.3, 0.4) is 0 Å². The van der Waals surface area contributed by atoms with Crippen LogP contribution in [0.15, 0.2) is 34.8 Å². The van der Waals surface area contributed by atoms with Crippen LogP contribution in [-0.2, 0) is 12.3 Å². The molecule has 3 rings (SSSR count). The van der Waals surface area contributed by atoms with E-state index in [9.17, 15) is 0 Å². The molecule has 7 heteroatoms. The topological polar surface area (TPSA) is 30.7 Å². The first-order valence-electron chi connectivity index (χ1n) is 8.58. The quantitative estimate of drug-likeness (QED) is 0.376. The Hall–Kier alpha value is -1.01. The van der Waals surface area contributed by atoms with Crippen LogP contribution in [0.1, 0.15) is 43.6 Å². The van der Waals surface area contributed by atoms with Crippen LogP contribution in [0.2, 0.25) is 10.0 Å². The highest BCUT2D eigenvalue weighted by atomic mass is 35.5. The van der Waals surface area contributed by atoms with Crippen LogP contribution < -0.4 is 0 Å². The number of rotatable bonds is 7. The minimum absolute atomic E-state index is 0.528. The summed E-state index contributed by atoms with van der Waals surface area (Å²) in [6.07, 6.45) is 1.03. The molecule has 0 saturated heterocycles. The summed E-state index contributed by atoms with van der Waals surface area (Å²) >= 11 is 15.6. The van der Waals surface area contributed by atoms with Crippen molar-refractivity contribution in [2.24, 2.45) is 0 Å². The maximum absolute atomic E-state index is 6.12. The van der Waals surface area contributed by atoms with Gasteiger partial charge in [0.15, 0.2) is 11.0 Å². The Morgan fingerprint density at radius 3 is 2.62 bits per heavy atom. The van der Waals surface area contributed by atoms with E-state index in [1.54, 1.807) is 23.1 Å². The van der Waals surface area contributed by atoms with E-state index in [0.717, 1.165) is 40.8 Å². The van der Waals surface area contributed by atoms with Crippen molar-refractivity contribution in [1.82, 2.24) is 14.8 Å². The molecule has 0 aliphatic heterocycles. The fourth-order valence-corrected chi connectivity index (χ4v) is 4.72. The van der Waals surface area contributed by atoms with Gasteiger partial charge in [0.25, 0.3) is 0 Å². The molecule has 0 unspecified atom stereocenters. The normalized spacial score (nSPS) is 11.5. The molecule has 0 aliphatic rings. The Labute approximate surface area is 172 Å². The molecule has 3 nitrogen and oxygen atoms in total. The van der Waals surface area contributed by atoms with Gasteiger partial charge in [0.1, 0.15) is 0 Å². The molecule has 0 fully saturated rings. The summed E-state index contributed by atoms with van der Waals surface area (Å²) in [5.74, 6) is 2.26. The minimum atomic E-state index is 0.528. The lowest BCUT2D eigenvalue weighted by Crippen LogP contribution is -2.01. The molecule has 0 bridgehead atoms. The van der Waals surface area contributed by atoms with Gasteiger partial charge in [-0.3, -0.25) is 0 Å². The van der Waals surface area contributed by atoms with Crippen LogP contribution in [0.4, 0.5) is 0 Å². The molecule has 0 N–H and O–H groups in total. The lowest BCUT2D eigenvalue weighted by Gasteiger charge is -2.08. The van der Waals surface area contributed by atoms with Crippen molar-refractivity contribution < 1.29 is 0 Å². The van der Waals surface area contributed by atoms with Crippen molar-refractivity contribution in [3.63, 3.8) is 0 Å². The summed E-state index contributed by atoms with van der Waals surface area (Å²) in [6.45, 7) is 7.50. The van der Waals surface area contributed by atoms with Gasteiger partial charge < -0.3 is 4.57 Å². The molecule has 0 amide bonds. The van der Waals surface area contributed by atoms with E-state index < -0.39 is 0 Å². The number of hydrogen-bond acceptors (Lipinski definition) is 4. The number of halogens is 2. The summed E-state index contributed by atoms with van der Waals surface area (Å²) in [5, 5.41) is 13.2. The van der Waals surface area contributed by atoms with Gasteiger partial charge in [-0.25, -0.2) is 0 Å². The van der Waals surface area contributed by atoms with Crippen LogP contribution >= 0.6 is 46.3 Å². The molecular weight excluding hydrogens is 405 g/mol. The first-order chi connectivity index (χ1) is 12.5. The highest BCUT2D eigenvalue weighted by Gasteiger charge is 2.16. The smallest absolute Gasteiger partial charge is 0.191 e. The molecule has 0 spiro atoms. The SMILES string of the molecule is CCCn1c(SCc2ccc(Cl)c(Cl)c2)nnc1-c1csc(C(C)C)c1. The van der Waals surface area contributed by atoms with E-state index in [1.807, 2.05) is 18.2 Å². The van der Waals surface area contributed by atoms with Crippen molar-refractivity contribution in [2.45, 2.75) is 50.6 Å². The molecule has 26 heavy (non-hydrogen) atoms. The molecule has 2 aromatic heterocycles. The van der Waals surface area contributed by atoms with E-state index in [2.05, 4.69) is 47.0 Å². The molecule has 0 aliphatic carbocycles. The number of thiophene rings is 1. The molecule has 138 valence electrons. The van der Waals surface area contributed by atoms with Gasteiger partial charge >= 0.3 is 0 Å². The van der Waals surface area contributed by atoms with E-state index in [-0.39, 0.29) is 0 Å². The molecule has 3 aromatic rings. The third-order valence-electron chi connectivity index (χ3n) is 3.96. The second-order valence-corrected chi connectivity index (χ2v) is 9.09. The molecule has 2 heterocycles. The third kappa shape index (κ3) is 4.45. The lowest BCUT2D eigenvalue weighted by molar-refractivity contribution is 0.626. The zero-order chi connectivity index (χ0) is 18.7. The fourth-order valence-electron chi connectivity index (χ4n) is 2.58. The lowest BCUT2D eigenvalue weighted by atomic mass is 10.1. The average Bonchev–Trinajstić information content (AvgIpc) is 3.23. The van der Waals surface area contributed by atoms with E-state index in [0.29, 0.717) is 16.0 Å². The number of thioether (sulfide) groups is 1. The van der Waals surface area contributed by atoms with Crippen molar-refractivity contribution >= 4 is 46.3 Å². The van der Waals surface area contributed by atoms with Crippen molar-refractivity contribution in [3.8, 4) is 11.4 Å². The first-order valence-corrected chi connectivity index (χ1v) is 11.2. The second kappa shape index (κ2) is 8.79. The molecule has 0 atom stereocenters. The van der Waals surface area contributed by atoms with E-state index in [1.165, 1.54) is 4.88 Å². The highest BCUT2D eigenvalue weighted by molar-refractivity contribution is 7.98. The van der Waals surface area contributed by atoms with Gasteiger partial charge in [-0.1, -0.05) is 61.8 Å². The summed E-state index contributed by atoms with van der Waals surface area (Å²) < 4.78 is 2.22. The Balaban J connectivity index is 1.83. The summed E-state index contributed by atoms with van der Waals surface area (Å²) in [7, 11) is 0. The maximum Gasteiger partial charge on any atom is 0.191 e. The predicted molar refractivity (Wildman–Crippen MR) is 114 cm³/mol. The Morgan fingerprint density at radius 1 is 1.15 bits per heavy atom. The van der Waals surface area contributed by atoms with Crippen LogP contribution in [-0.4, -0.2) is 14.8 Å². The maximum atomic E-state index is 6.12. The highest BCUT2D eigenvalue weighted by Crippen LogP contribution is 2.32. The third-order valence-corrected chi connectivity index (χ3v) is 6.97. The number of nitrogens with zero attached hydrogens (tertiary/aromatic N) is 3. The van der Waals surface area contributed by atoms with E-state index in [4.69, 9.17) is 23.2 Å². The largest absolute Gasteiger partial charge is 0.302 e. The minimum Gasteiger partial charge on any atom is -0.302 e. The predicted octanol–water partition coefficient (Wildman–Crippen LogP) is 7.14. The van der Waals surface area contributed by atoms with Gasteiger partial charge in [0.2, 0.25) is 0 Å². The molecular formula is C19H21Cl2N3S2. The zero-order valence-corrected chi connectivity index (χ0v) is 18.1. The van der Waals surface area contributed by atoms with Crippen molar-refractivity contribution in [3.05, 3.63) is 50.1 Å². The Bertz CT molecular complexity index is 887. The monoisotopic (exact) mass is 425 g/mol. The van der Waals surface area contributed by atoms with Gasteiger partial charge in [-0.2, -0.15) is 0 Å². The standard InChI is InChI=1S/C19H21Cl2N3S2/c1-4-7-24-18(14-9-17(12(2)3)25-11-14)22-23-19(24)26-10-13-5-6-15(20)16(21)8-13/h5-6,8-9,11-12H,4,7,10H2,1-3H3. The summed E-state index contributed by atoms with van der Waals surface area (Å²) in [5.41, 5.74) is 2.27. The summed E-state index contributed by atoms with van der Waals surface area (Å²) in [4.78, 5) is 1.37. The van der Waals surface area contributed by atoms with Crippen LogP contribution in [0, 0.1) is 0 Å². The first kappa shape index (κ1) is 19.7. The zero-order valence-electron chi connectivity index (χ0n) is 15.0. The molecule has 1 aromatic carbocycles. The Morgan fingerprint density at radius 2 is 1.96 bits per heavy atom. The number of benzene rings is 1. The molecule has 0 radical (unpaired) electrons.